The molecule has 1 aliphatic carbocycles. The lowest BCUT2D eigenvalue weighted by Crippen LogP contribution is -2.53. The van der Waals surface area contributed by atoms with Crippen LogP contribution in [0.2, 0.25) is 0 Å². The number of piperazine rings is 1. The van der Waals surface area contributed by atoms with E-state index in [1.54, 1.807) is 0 Å². The lowest BCUT2D eigenvalue weighted by molar-refractivity contribution is -0.133. The van der Waals surface area contributed by atoms with Gasteiger partial charge in [0.2, 0.25) is 5.91 Å². The summed E-state index contributed by atoms with van der Waals surface area (Å²) in [5.74, 6) is 1.37. The predicted octanol–water partition coefficient (Wildman–Crippen LogP) is 1.75. The second kappa shape index (κ2) is 7.34. The third-order valence-electron chi connectivity index (χ3n) is 5.81. The van der Waals surface area contributed by atoms with Crippen LogP contribution in [0, 0.1) is 6.92 Å². The molecule has 0 aromatic heterocycles. The van der Waals surface area contributed by atoms with Gasteiger partial charge in [-0.15, -0.1) is 0 Å². The highest BCUT2D eigenvalue weighted by Crippen LogP contribution is 2.32. The second-order valence-electron chi connectivity index (χ2n) is 7.56. The Morgan fingerprint density at radius 2 is 1.80 bits per heavy atom. The van der Waals surface area contributed by atoms with E-state index in [-0.39, 0.29) is 6.04 Å². The zero-order valence-corrected chi connectivity index (χ0v) is 15.2. The Kier molecular flexibility index (Phi) is 4.95. The Morgan fingerprint density at radius 1 is 1.04 bits per heavy atom. The maximum Gasteiger partial charge on any atom is 0.240 e. The Labute approximate surface area is 150 Å². The van der Waals surface area contributed by atoms with Crippen molar-refractivity contribution >= 4 is 5.91 Å². The van der Waals surface area contributed by atoms with E-state index in [4.69, 9.17) is 4.74 Å². The average Bonchev–Trinajstić information content (AvgIpc) is 3.40. The van der Waals surface area contributed by atoms with Crippen molar-refractivity contribution < 1.29 is 9.53 Å². The van der Waals surface area contributed by atoms with Gasteiger partial charge in [0, 0.05) is 45.3 Å². The first-order chi connectivity index (χ1) is 12.2. The van der Waals surface area contributed by atoms with Crippen LogP contribution in [0.4, 0.5) is 0 Å². The van der Waals surface area contributed by atoms with Crippen molar-refractivity contribution in [1.29, 1.82) is 0 Å². The molecule has 1 aromatic carbocycles. The van der Waals surface area contributed by atoms with Crippen LogP contribution >= 0.6 is 0 Å². The van der Waals surface area contributed by atoms with Crippen LogP contribution in [0.1, 0.15) is 24.8 Å². The summed E-state index contributed by atoms with van der Waals surface area (Å²) >= 11 is 0. The third-order valence-corrected chi connectivity index (χ3v) is 5.81. The highest BCUT2D eigenvalue weighted by molar-refractivity contribution is 5.84. The van der Waals surface area contributed by atoms with Gasteiger partial charge in [0.1, 0.15) is 12.4 Å². The average molecular weight is 343 g/mol. The molecule has 2 aliphatic heterocycles. The number of carbonyl (C=O) groups excluding carboxylic acids is 1. The number of benzene rings is 1. The first kappa shape index (κ1) is 16.9. The summed E-state index contributed by atoms with van der Waals surface area (Å²) in [5.41, 5.74) is 1.19. The molecule has 136 valence electrons. The summed E-state index contributed by atoms with van der Waals surface area (Å²) < 4.78 is 5.91. The van der Waals surface area contributed by atoms with E-state index in [9.17, 15) is 4.79 Å². The minimum atomic E-state index is 0.144. The van der Waals surface area contributed by atoms with Crippen LogP contribution in [0.25, 0.3) is 0 Å². The van der Waals surface area contributed by atoms with Crippen LogP contribution in [0.5, 0.6) is 5.75 Å². The van der Waals surface area contributed by atoms with Crippen LogP contribution in [0.3, 0.4) is 0 Å². The van der Waals surface area contributed by atoms with Crippen molar-refractivity contribution in [2.24, 2.45) is 0 Å². The number of aryl methyl sites for hydroxylation is 1. The highest BCUT2D eigenvalue weighted by Gasteiger charge is 2.43. The van der Waals surface area contributed by atoms with E-state index in [0.29, 0.717) is 11.9 Å². The fraction of sp³-hybridized carbons (Fsp3) is 0.650. The summed E-state index contributed by atoms with van der Waals surface area (Å²) in [6.07, 6.45) is 3.45. The topological polar surface area (TPSA) is 36.0 Å². The molecule has 1 saturated carbocycles. The Hall–Kier alpha value is -1.59. The molecular weight excluding hydrogens is 314 g/mol. The first-order valence-electron chi connectivity index (χ1n) is 9.68. The smallest absolute Gasteiger partial charge is 0.240 e. The number of rotatable bonds is 6. The molecule has 0 unspecified atom stereocenters. The van der Waals surface area contributed by atoms with Gasteiger partial charge < -0.3 is 9.64 Å². The van der Waals surface area contributed by atoms with Gasteiger partial charge in [0.15, 0.2) is 0 Å². The van der Waals surface area contributed by atoms with Crippen molar-refractivity contribution in [2.45, 2.75) is 38.3 Å². The zero-order valence-electron chi connectivity index (χ0n) is 15.2. The molecule has 1 aromatic rings. The molecule has 0 N–H and O–H groups in total. The maximum atomic E-state index is 12.6. The van der Waals surface area contributed by atoms with Gasteiger partial charge in [0.25, 0.3) is 0 Å². The molecule has 0 spiro atoms. The molecule has 0 bridgehead atoms. The van der Waals surface area contributed by atoms with Gasteiger partial charge in [-0.25, -0.2) is 0 Å². The van der Waals surface area contributed by atoms with E-state index in [0.717, 1.165) is 58.0 Å². The van der Waals surface area contributed by atoms with Gasteiger partial charge in [-0.05, 0) is 37.8 Å². The third kappa shape index (κ3) is 3.82. The van der Waals surface area contributed by atoms with Gasteiger partial charge in [0.05, 0.1) is 6.04 Å². The van der Waals surface area contributed by atoms with Crippen molar-refractivity contribution in [2.75, 3.05) is 45.9 Å². The van der Waals surface area contributed by atoms with Crippen LogP contribution in [0.15, 0.2) is 24.3 Å². The van der Waals surface area contributed by atoms with Gasteiger partial charge in [-0.1, -0.05) is 18.2 Å². The number of para-hydroxylation sites is 1. The van der Waals surface area contributed by atoms with Crippen LogP contribution < -0.4 is 4.74 Å². The molecule has 5 nitrogen and oxygen atoms in total. The normalized spacial score (nSPS) is 25.6. The van der Waals surface area contributed by atoms with E-state index in [1.807, 2.05) is 18.2 Å². The number of hydrogen-bond donors (Lipinski definition) is 0. The Balaban J connectivity index is 1.20. The summed E-state index contributed by atoms with van der Waals surface area (Å²) in [4.78, 5) is 19.6. The monoisotopic (exact) mass is 343 g/mol. The molecule has 2 saturated heterocycles. The predicted molar refractivity (Wildman–Crippen MR) is 97.8 cm³/mol. The molecule has 1 amide bonds. The number of amides is 1. The lowest BCUT2D eigenvalue weighted by atomic mass is 10.2. The molecule has 3 aliphatic rings. The highest BCUT2D eigenvalue weighted by atomic mass is 16.5. The Bertz CT molecular complexity index is 609. The van der Waals surface area contributed by atoms with Gasteiger partial charge >= 0.3 is 0 Å². The number of ether oxygens (including phenoxy) is 1. The van der Waals surface area contributed by atoms with Gasteiger partial charge in [-0.3, -0.25) is 14.6 Å². The molecule has 3 fully saturated rings. The van der Waals surface area contributed by atoms with E-state index < -0.39 is 0 Å². The summed E-state index contributed by atoms with van der Waals surface area (Å²) in [7, 11) is 0. The molecule has 5 heteroatoms. The van der Waals surface area contributed by atoms with Crippen molar-refractivity contribution in [3.63, 3.8) is 0 Å². The molecule has 0 radical (unpaired) electrons. The fourth-order valence-corrected chi connectivity index (χ4v) is 4.08. The second-order valence-corrected chi connectivity index (χ2v) is 7.56. The molecule has 4 rings (SSSR count). The van der Waals surface area contributed by atoms with E-state index >= 15 is 0 Å². The van der Waals surface area contributed by atoms with Crippen molar-refractivity contribution in [3.05, 3.63) is 29.8 Å². The quantitative estimate of drug-likeness (QED) is 0.789. The van der Waals surface area contributed by atoms with E-state index in [1.165, 1.54) is 18.4 Å². The summed E-state index contributed by atoms with van der Waals surface area (Å²) in [6, 6.07) is 8.88. The number of likely N-dealkylation sites (tertiary alicyclic amines) is 1. The summed E-state index contributed by atoms with van der Waals surface area (Å²) in [6.45, 7) is 8.79. The SMILES string of the molecule is Cc1ccccc1OCCN1CCN([C@@H]2CCN(C3CC3)C2=O)CC1. The minimum absolute atomic E-state index is 0.144. The van der Waals surface area contributed by atoms with Crippen LogP contribution in [-0.4, -0.2) is 78.6 Å². The molecular formula is C20H29N3O2. The fourth-order valence-electron chi connectivity index (χ4n) is 4.08. The maximum absolute atomic E-state index is 12.6. The number of nitrogens with zero attached hydrogens (tertiary/aromatic N) is 3. The number of hydrogen-bond acceptors (Lipinski definition) is 4. The molecule has 25 heavy (non-hydrogen) atoms. The molecule has 2 heterocycles. The minimum Gasteiger partial charge on any atom is -0.492 e. The standard InChI is InChI=1S/C20H29N3O2/c1-16-4-2-3-5-19(16)25-15-14-21-10-12-22(13-11-21)18-8-9-23(20(18)24)17-6-7-17/h2-5,17-18H,6-15H2,1H3/t18-/m1/s1. The zero-order chi connectivity index (χ0) is 17.2. The van der Waals surface area contributed by atoms with Gasteiger partial charge in [-0.2, -0.15) is 0 Å². The number of carbonyl (C=O) groups is 1. The molecule has 1 atom stereocenters. The largest absolute Gasteiger partial charge is 0.492 e. The van der Waals surface area contributed by atoms with Crippen LogP contribution in [-0.2, 0) is 4.79 Å². The summed E-state index contributed by atoms with van der Waals surface area (Å²) in [5, 5.41) is 0. The Morgan fingerprint density at radius 3 is 2.52 bits per heavy atom. The lowest BCUT2D eigenvalue weighted by Gasteiger charge is -2.37. The van der Waals surface area contributed by atoms with Crippen molar-refractivity contribution in [3.8, 4) is 5.75 Å². The van der Waals surface area contributed by atoms with Crippen molar-refractivity contribution in [1.82, 2.24) is 14.7 Å². The first-order valence-corrected chi connectivity index (χ1v) is 9.68. The van der Waals surface area contributed by atoms with E-state index in [2.05, 4.69) is 27.7 Å².